The summed E-state index contributed by atoms with van der Waals surface area (Å²) in [6.07, 6.45) is 0. The van der Waals surface area contributed by atoms with Crippen LogP contribution in [0.1, 0.15) is 0 Å². The van der Waals surface area contributed by atoms with Crippen LogP contribution in [0.3, 0.4) is 0 Å². The Morgan fingerprint density at radius 3 is 0.714 bits per heavy atom. The van der Waals surface area contributed by atoms with Gasteiger partial charge in [-0.05, 0) is 0 Å². The van der Waals surface area contributed by atoms with Crippen LogP contribution in [-0.4, -0.2) is 7.63 Å². The van der Waals surface area contributed by atoms with Gasteiger partial charge in [-0.1, -0.05) is 0 Å². The van der Waals surface area contributed by atoms with Gasteiger partial charge >= 0.3 is 131 Å². The van der Waals surface area contributed by atoms with Crippen molar-refractivity contribution in [3.8, 4) is 0 Å². The van der Waals surface area contributed by atoms with E-state index in [0.717, 1.165) is 0 Å². The predicted octanol–water partition coefficient (Wildman–Crippen LogP) is 8.21. The van der Waals surface area contributed by atoms with Gasteiger partial charge in [0.05, 0.1) is 0 Å². The van der Waals surface area contributed by atoms with Gasteiger partial charge in [0.1, 0.15) is 0 Å². The molecule has 12 heteroatoms. The summed E-state index contributed by atoms with van der Waals surface area (Å²) in [5.74, 6) is 0. The Morgan fingerprint density at radius 1 is 0.500 bits per heavy atom. The number of rotatable bonds is 0. The Balaban J connectivity index is 3.55. The molecular weight excluding hydrogens is 440 g/mol. The first-order valence-corrected chi connectivity index (χ1v) is 14.1. The molecule has 1 heterocycles. The second kappa shape index (κ2) is 3.26. The minimum absolute atomic E-state index is 2.14. The van der Waals surface area contributed by atoms with Crippen LogP contribution in [0, 0.1) is 0 Å². The molecule has 0 aliphatic carbocycles. The van der Waals surface area contributed by atoms with E-state index in [1.54, 1.807) is 0 Å². The van der Waals surface area contributed by atoms with Crippen LogP contribution in [0.25, 0.3) is 0 Å². The van der Waals surface area contributed by atoms with Crippen molar-refractivity contribution in [1.82, 2.24) is 0 Å². The van der Waals surface area contributed by atoms with E-state index in [1.165, 1.54) is 0 Å². The van der Waals surface area contributed by atoms with Gasteiger partial charge < -0.3 is 0 Å². The van der Waals surface area contributed by atoms with Crippen LogP contribution in [0.5, 0.6) is 0 Å². The summed E-state index contributed by atoms with van der Waals surface area (Å²) >= 11 is 58.1. The van der Waals surface area contributed by atoms with E-state index in [9.17, 15) is 0 Å². The molecule has 14 heavy (non-hydrogen) atoms. The van der Waals surface area contributed by atoms with E-state index in [2.05, 4.69) is 0 Å². The first kappa shape index (κ1) is 15.8. The molecule has 1 aliphatic rings. The van der Waals surface area contributed by atoms with Crippen LogP contribution in [-0.2, 0) is 0 Å². The fourth-order valence-corrected chi connectivity index (χ4v) is 34.9. The molecule has 0 nitrogen and oxygen atoms in total. The van der Waals surface area contributed by atoms with E-state index in [0.29, 0.717) is 0 Å². The van der Waals surface area contributed by atoms with Crippen LogP contribution < -0.4 is 0 Å². The molecule has 0 atom stereocenters. The first-order valence-electron chi connectivity index (χ1n) is 2.66. The topological polar surface area (TPSA) is 0 Å². The summed E-state index contributed by atoms with van der Waals surface area (Å²) < 4.78 is -13.2. The number of hydrogen-bond acceptors (Lipinski definition) is 0. The van der Waals surface area contributed by atoms with E-state index >= 15 is 0 Å². The average molecular weight is 440 g/mol. The molecule has 0 saturated carbocycles. The third-order valence-electron chi connectivity index (χ3n) is 1.76. The van der Waals surface area contributed by atoms with Gasteiger partial charge in [-0.15, -0.1) is 0 Å². The van der Waals surface area contributed by atoms with Crippen LogP contribution in [0.2, 0.25) is 0 Å². The zero-order valence-electron chi connectivity index (χ0n) is 5.67. The molecule has 0 unspecified atom stereocenters. The molecule has 1 saturated heterocycles. The molecule has 1 rings (SSSR count). The van der Waals surface area contributed by atoms with Gasteiger partial charge in [0.15, 0.2) is 0 Å². The van der Waals surface area contributed by atoms with Gasteiger partial charge in [-0.25, -0.2) is 0 Å². The van der Waals surface area contributed by atoms with Crippen molar-refractivity contribution in [2.75, 3.05) is 0 Å². The Morgan fingerprint density at radius 2 is 0.643 bits per heavy atom. The molecule has 0 bridgehead atoms. The molecule has 1 fully saturated rings. The zero-order valence-corrected chi connectivity index (χ0v) is 15.0. The maximum atomic E-state index is 5.83. The van der Waals surface area contributed by atoms with Crippen molar-refractivity contribution < 1.29 is 0 Å². The molecule has 0 spiro atoms. The van der Waals surface area contributed by atoms with E-state index in [4.69, 9.17) is 114 Å². The van der Waals surface area contributed by atoms with Gasteiger partial charge in [-0.3, -0.25) is 0 Å². The van der Waals surface area contributed by atoms with Gasteiger partial charge in [0, 0.05) is 0 Å². The fraction of sp³-hybridized carbons (Fsp3) is 1.00. The number of halogens is 10. The summed E-state index contributed by atoms with van der Waals surface area (Å²) in [6, 6.07) is 0. The van der Waals surface area contributed by atoms with Gasteiger partial charge in [-0.2, -0.15) is 0 Å². The molecule has 0 N–H and O–H groups in total. The normalized spacial score (nSPS) is 44.4. The van der Waals surface area contributed by atoms with E-state index in [-0.39, 0.29) is 0 Å². The molecule has 88 valence electrons. The van der Waals surface area contributed by atoms with E-state index in [1.807, 2.05) is 0 Å². The molecule has 0 aromatic carbocycles. The van der Waals surface area contributed by atoms with E-state index < -0.39 is 17.0 Å². The number of alkyl halides is 4. The van der Waals surface area contributed by atoms with Crippen molar-refractivity contribution in [3.05, 3.63) is 0 Å². The average Bonchev–Trinajstić information content (AvgIpc) is 1.81. The Bertz CT molecular complexity index is 248. The van der Waals surface area contributed by atoms with Crippen LogP contribution in [0.15, 0.2) is 0 Å². The second-order valence-electron chi connectivity index (χ2n) is 2.64. The Kier molecular flexibility index (Phi) is 3.68. The van der Waals surface area contributed by atoms with Crippen molar-refractivity contribution in [2.45, 2.75) is 7.63 Å². The molecule has 0 aromatic heterocycles. The summed E-state index contributed by atoms with van der Waals surface area (Å²) in [7, 11) is 0. The van der Waals surface area contributed by atoms with Crippen molar-refractivity contribution in [2.24, 2.45) is 0 Å². The van der Waals surface area contributed by atoms with Gasteiger partial charge in [0.2, 0.25) is 0 Å². The molecule has 0 amide bonds. The quantitative estimate of drug-likeness (QED) is 0.263. The Hall–Kier alpha value is 3.76. The van der Waals surface area contributed by atoms with Crippen molar-refractivity contribution in [1.29, 1.82) is 0 Å². The van der Waals surface area contributed by atoms with Crippen molar-refractivity contribution >= 4 is 123 Å². The van der Waals surface area contributed by atoms with Gasteiger partial charge in [0.25, 0.3) is 0 Å². The SMILES string of the molecule is ClC1(Cl)P(Cl)(Cl)(Cl)C(Cl)(Cl)P1(Cl)(Cl)Cl. The molecule has 1 aliphatic heterocycles. The molecular formula is C2Cl10P2. The predicted molar refractivity (Wildman–Crippen MR) is 77.8 cm³/mol. The summed E-state index contributed by atoms with van der Waals surface area (Å²) in [6.45, 7) is 0. The Labute approximate surface area is 129 Å². The minimum atomic E-state index is -4.45. The second-order valence-corrected chi connectivity index (χ2v) is 29.3. The first-order chi connectivity index (χ1) is 5.58. The summed E-state index contributed by atoms with van der Waals surface area (Å²) in [5, 5.41) is 0. The molecule has 0 aromatic rings. The van der Waals surface area contributed by atoms with Crippen LogP contribution >= 0.6 is 123 Å². The third-order valence-corrected chi connectivity index (χ3v) is 37.8. The fourth-order valence-electron chi connectivity index (χ4n) is 0.813. The van der Waals surface area contributed by atoms with Crippen LogP contribution in [0.4, 0.5) is 0 Å². The third kappa shape index (κ3) is 1.28. The summed E-state index contributed by atoms with van der Waals surface area (Å²) in [4.78, 5) is 0. The number of hydrogen-bond donors (Lipinski definition) is 0. The molecule has 0 radical (unpaired) electrons. The zero-order chi connectivity index (χ0) is 11.9. The van der Waals surface area contributed by atoms with Crippen molar-refractivity contribution in [3.63, 3.8) is 0 Å². The summed E-state index contributed by atoms with van der Waals surface area (Å²) in [5.41, 5.74) is 0. The monoisotopic (exact) mass is 436 g/mol. The standard InChI is InChI=1S/C2Cl10P2/c3-1(4)13(7,8,9)2(5,6)14(1,10,11)12. The maximum absolute atomic E-state index is 5.83.